The molecular weight excluding hydrogens is 238 g/mol. The summed E-state index contributed by atoms with van der Waals surface area (Å²) in [5, 5.41) is 11.7. The number of hydrogen-bond acceptors (Lipinski definition) is 2. The minimum absolute atomic E-state index is 0.0222. The summed E-state index contributed by atoms with van der Waals surface area (Å²) in [6, 6.07) is 7.15. The van der Waals surface area contributed by atoms with Gasteiger partial charge in [0.25, 0.3) is 5.91 Å². The number of amides is 1. The molecule has 1 aliphatic rings. The maximum Gasteiger partial charge on any atom is 0.251 e. The Morgan fingerprint density at radius 2 is 1.95 bits per heavy atom. The number of rotatable bonds is 2. The van der Waals surface area contributed by atoms with Crippen molar-refractivity contribution >= 4 is 5.91 Å². The van der Waals surface area contributed by atoms with Crippen LogP contribution >= 0.6 is 0 Å². The van der Waals surface area contributed by atoms with Crippen molar-refractivity contribution in [3.05, 3.63) is 35.4 Å². The second-order valence-corrected chi connectivity index (χ2v) is 5.26. The number of aliphatic hydroxyl groups excluding tert-OH is 1. The fourth-order valence-electron chi connectivity index (χ4n) is 2.47. The Hall–Kier alpha value is -1.79. The van der Waals surface area contributed by atoms with Crippen molar-refractivity contribution in [3.8, 4) is 11.8 Å². The van der Waals surface area contributed by atoms with E-state index in [0.717, 1.165) is 18.4 Å². The Morgan fingerprint density at radius 3 is 2.53 bits per heavy atom. The minimum Gasteiger partial charge on any atom is -0.384 e. The van der Waals surface area contributed by atoms with E-state index in [1.165, 1.54) is 12.8 Å². The smallest absolute Gasteiger partial charge is 0.251 e. The third kappa shape index (κ3) is 3.59. The second-order valence-electron chi connectivity index (χ2n) is 5.26. The first-order chi connectivity index (χ1) is 9.13. The van der Waals surface area contributed by atoms with E-state index in [1.807, 2.05) is 0 Å². The molecule has 1 aliphatic carbocycles. The predicted molar refractivity (Wildman–Crippen MR) is 74.7 cm³/mol. The number of carbonyl (C=O) groups is 1. The van der Waals surface area contributed by atoms with Crippen LogP contribution in [0.25, 0.3) is 0 Å². The van der Waals surface area contributed by atoms with Gasteiger partial charge in [0.1, 0.15) is 6.61 Å². The first-order valence-corrected chi connectivity index (χ1v) is 6.65. The molecule has 0 spiro atoms. The number of hydrogen-bond donors (Lipinski definition) is 2. The zero-order chi connectivity index (χ0) is 13.7. The summed E-state index contributed by atoms with van der Waals surface area (Å²) in [6.45, 7) is 1.96. The first kappa shape index (κ1) is 13.6. The molecule has 19 heavy (non-hydrogen) atoms. The van der Waals surface area contributed by atoms with Gasteiger partial charge in [-0.1, -0.05) is 24.7 Å². The lowest BCUT2D eigenvalue weighted by atomic mass is 10.00. The zero-order valence-electron chi connectivity index (χ0n) is 11.2. The van der Waals surface area contributed by atoms with Gasteiger partial charge >= 0.3 is 0 Å². The van der Waals surface area contributed by atoms with Crippen LogP contribution in [0.3, 0.4) is 0 Å². The third-order valence-electron chi connectivity index (χ3n) is 3.58. The molecule has 3 nitrogen and oxygen atoms in total. The van der Waals surface area contributed by atoms with E-state index < -0.39 is 0 Å². The van der Waals surface area contributed by atoms with E-state index in [0.29, 0.717) is 5.56 Å². The standard InChI is InChI=1S/C16H19NO2/c1-16(10-2-3-11-16)17-15(19)14-8-6-13(7-9-14)5-4-12-18/h6-9,18H,2-3,10-12H2,1H3,(H,17,19). The lowest BCUT2D eigenvalue weighted by Gasteiger charge is -2.25. The monoisotopic (exact) mass is 257 g/mol. The minimum atomic E-state index is -0.152. The summed E-state index contributed by atoms with van der Waals surface area (Å²) in [4.78, 5) is 12.1. The molecule has 1 saturated carbocycles. The molecule has 0 bridgehead atoms. The molecule has 3 heteroatoms. The molecule has 1 aromatic rings. The van der Waals surface area contributed by atoms with Crippen molar-refractivity contribution in [3.63, 3.8) is 0 Å². The van der Waals surface area contributed by atoms with Gasteiger partial charge in [-0.15, -0.1) is 0 Å². The Labute approximate surface area is 114 Å². The van der Waals surface area contributed by atoms with Crippen LogP contribution in [0.4, 0.5) is 0 Å². The van der Waals surface area contributed by atoms with Crippen LogP contribution in [0.5, 0.6) is 0 Å². The predicted octanol–water partition coefficient (Wildman–Crippen LogP) is 2.09. The van der Waals surface area contributed by atoms with E-state index in [2.05, 4.69) is 24.1 Å². The van der Waals surface area contributed by atoms with Crippen molar-refractivity contribution in [2.45, 2.75) is 38.1 Å². The van der Waals surface area contributed by atoms with E-state index >= 15 is 0 Å². The highest BCUT2D eigenvalue weighted by Gasteiger charge is 2.30. The molecule has 0 aliphatic heterocycles. The molecular formula is C16H19NO2. The summed E-state index contributed by atoms with van der Waals surface area (Å²) in [5.74, 6) is 5.37. The lowest BCUT2D eigenvalue weighted by Crippen LogP contribution is -2.43. The van der Waals surface area contributed by atoms with Gasteiger partial charge in [-0.2, -0.15) is 0 Å². The maximum atomic E-state index is 12.1. The van der Waals surface area contributed by atoms with Crippen molar-refractivity contribution in [2.75, 3.05) is 6.61 Å². The van der Waals surface area contributed by atoms with Gasteiger partial charge in [0.15, 0.2) is 0 Å². The van der Waals surface area contributed by atoms with Gasteiger partial charge in [0.05, 0.1) is 0 Å². The largest absolute Gasteiger partial charge is 0.384 e. The summed E-state index contributed by atoms with van der Waals surface area (Å²) >= 11 is 0. The lowest BCUT2D eigenvalue weighted by molar-refractivity contribution is 0.0908. The fraction of sp³-hybridized carbons (Fsp3) is 0.438. The Kier molecular flexibility index (Phi) is 4.24. The Balaban J connectivity index is 2.03. The molecule has 0 heterocycles. The molecule has 0 unspecified atom stereocenters. The molecule has 1 amide bonds. The van der Waals surface area contributed by atoms with E-state index in [-0.39, 0.29) is 18.1 Å². The van der Waals surface area contributed by atoms with Crippen LogP contribution in [0.2, 0.25) is 0 Å². The summed E-state index contributed by atoms with van der Waals surface area (Å²) in [7, 11) is 0. The average Bonchev–Trinajstić information content (AvgIpc) is 2.83. The van der Waals surface area contributed by atoms with E-state index in [4.69, 9.17) is 5.11 Å². The maximum absolute atomic E-state index is 12.1. The molecule has 0 atom stereocenters. The van der Waals surface area contributed by atoms with Crippen LogP contribution in [0, 0.1) is 11.8 Å². The van der Waals surface area contributed by atoms with Gasteiger partial charge in [-0.25, -0.2) is 0 Å². The molecule has 1 fully saturated rings. The van der Waals surface area contributed by atoms with Gasteiger partial charge < -0.3 is 10.4 Å². The van der Waals surface area contributed by atoms with Crippen LogP contribution in [-0.4, -0.2) is 23.2 Å². The van der Waals surface area contributed by atoms with Crippen LogP contribution < -0.4 is 5.32 Å². The van der Waals surface area contributed by atoms with Crippen LogP contribution in [-0.2, 0) is 0 Å². The number of nitrogens with one attached hydrogen (secondary N) is 1. The van der Waals surface area contributed by atoms with Crippen LogP contribution in [0.1, 0.15) is 48.5 Å². The third-order valence-corrected chi connectivity index (χ3v) is 3.58. The Morgan fingerprint density at radius 1 is 1.32 bits per heavy atom. The Bertz CT molecular complexity index is 502. The zero-order valence-corrected chi connectivity index (χ0v) is 11.2. The molecule has 2 rings (SSSR count). The molecule has 100 valence electrons. The van der Waals surface area contributed by atoms with Crippen molar-refractivity contribution < 1.29 is 9.90 Å². The van der Waals surface area contributed by atoms with E-state index in [1.54, 1.807) is 24.3 Å². The molecule has 0 saturated heterocycles. The van der Waals surface area contributed by atoms with Crippen LogP contribution in [0.15, 0.2) is 24.3 Å². The molecule has 0 aromatic heterocycles. The van der Waals surface area contributed by atoms with Gasteiger partial charge in [-0.3, -0.25) is 4.79 Å². The summed E-state index contributed by atoms with van der Waals surface area (Å²) < 4.78 is 0. The summed E-state index contributed by atoms with van der Waals surface area (Å²) in [5.41, 5.74) is 1.41. The molecule has 2 N–H and O–H groups in total. The summed E-state index contributed by atoms with van der Waals surface area (Å²) in [6.07, 6.45) is 4.48. The average molecular weight is 257 g/mol. The van der Waals surface area contributed by atoms with Crippen molar-refractivity contribution in [2.24, 2.45) is 0 Å². The van der Waals surface area contributed by atoms with Gasteiger partial charge in [-0.05, 0) is 44.0 Å². The van der Waals surface area contributed by atoms with E-state index in [9.17, 15) is 4.79 Å². The van der Waals surface area contributed by atoms with Crippen molar-refractivity contribution in [1.82, 2.24) is 5.32 Å². The number of aliphatic hydroxyl groups is 1. The van der Waals surface area contributed by atoms with Crippen molar-refractivity contribution in [1.29, 1.82) is 0 Å². The highest BCUT2D eigenvalue weighted by atomic mass is 16.2. The highest BCUT2D eigenvalue weighted by molar-refractivity contribution is 5.94. The second kappa shape index (κ2) is 5.90. The number of carbonyl (C=O) groups excluding carboxylic acids is 1. The molecule has 0 radical (unpaired) electrons. The first-order valence-electron chi connectivity index (χ1n) is 6.65. The molecule has 1 aromatic carbocycles. The fourth-order valence-corrected chi connectivity index (χ4v) is 2.47. The highest BCUT2D eigenvalue weighted by Crippen LogP contribution is 2.29. The van der Waals surface area contributed by atoms with Gasteiger partial charge in [0.2, 0.25) is 0 Å². The topological polar surface area (TPSA) is 49.3 Å². The SMILES string of the molecule is CC1(NC(=O)c2ccc(C#CCO)cc2)CCCC1. The van der Waals surface area contributed by atoms with Gasteiger partial charge in [0, 0.05) is 16.7 Å². The quantitative estimate of drug-likeness (QED) is 0.797. The normalized spacial score (nSPS) is 16.5. The number of benzene rings is 1.